The van der Waals surface area contributed by atoms with Crippen LogP contribution in [-0.4, -0.2) is 46.9 Å². The first-order valence-corrected chi connectivity index (χ1v) is 9.52. The summed E-state index contributed by atoms with van der Waals surface area (Å²) in [5, 5.41) is 3.54. The maximum Gasteiger partial charge on any atom is 0.193 e. The van der Waals surface area contributed by atoms with Gasteiger partial charge >= 0.3 is 0 Å². The van der Waals surface area contributed by atoms with Gasteiger partial charge in [0.15, 0.2) is 5.96 Å². The van der Waals surface area contributed by atoms with Crippen molar-refractivity contribution in [2.24, 2.45) is 10.4 Å². The lowest BCUT2D eigenvalue weighted by Gasteiger charge is -2.42. The maximum atomic E-state index is 4.66. The van der Waals surface area contributed by atoms with Gasteiger partial charge in [0.1, 0.15) is 5.65 Å². The van der Waals surface area contributed by atoms with E-state index in [4.69, 9.17) is 0 Å². The molecule has 1 N–H and O–H groups in total. The summed E-state index contributed by atoms with van der Waals surface area (Å²) in [6.07, 6.45) is 10.2. The van der Waals surface area contributed by atoms with Gasteiger partial charge in [-0.25, -0.2) is 4.98 Å². The number of likely N-dealkylation sites (tertiary alicyclic amines) is 1. The van der Waals surface area contributed by atoms with Gasteiger partial charge in [-0.1, -0.05) is 26.3 Å². The van der Waals surface area contributed by atoms with Crippen molar-refractivity contribution in [3.05, 3.63) is 36.3 Å². The second-order valence-corrected chi connectivity index (χ2v) is 7.51. The largest absolute Gasteiger partial charge is 0.356 e. The predicted molar refractivity (Wildman–Crippen MR) is 104 cm³/mol. The number of nitrogens with zero attached hydrogens (tertiary/aromatic N) is 4. The SMILES string of the molecule is CCCC1(C)CCCN(C(=NC)NCCc2cn3ccccc3n2)C1. The van der Waals surface area contributed by atoms with Crippen molar-refractivity contribution in [1.82, 2.24) is 19.6 Å². The summed E-state index contributed by atoms with van der Waals surface area (Å²) < 4.78 is 2.07. The molecule has 3 heterocycles. The standard InChI is InChI=1S/C20H31N5/c1-4-10-20(2)11-7-14-25(16-20)19(21-3)22-12-9-17-15-24-13-6-5-8-18(24)23-17/h5-6,8,13,15H,4,7,9-12,14,16H2,1-3H3,(H,21,22). The monoisotopic (exact) mass is 341 g/mol. The molecule has 136 valence electrons. The third-order valence-electron chi connectivity index (χ3n) is 5.22. The van der Waals surface area contributed by atoms with E-state index in [1.807, 2.05) is 31.4 Å². The highest BCUT2D eigenvalue weighted by Gasteiger charge is 2.31. The number of hydrogen-bond acceptors (Lipinski definition) is 2. The van der Waals surface area contributed by atoms with Crippen LogP contribution in [0.5, 0.6) is 0 Å². The molecule has 0 amide bonds. The van der Waals surface area contributed by atoms with Crippen LogP contribution in [0.4, 0.5) is 0 Å². The van der Waals surface area contributed by atoms with Gasteiger partial charge in [0.05, 0.1) is 5.69 Å². The average molecular weight is 342 g/mol. The lowest BCUT2D eigenvalue weighted by molar-refractivity contribution is 0.142. The molecule has 0 bridgehead atoms. The van der Waals surface area contributed by atoms with Gasteiger partial charge in [0, 0.05) is 45.5 Å². The zero-order valence-electron chi connectivity index (χ0n) is 15.8. The molecule has 1 aliphatic rings. The van der Waals surface area contributed by atoms with Crippen LogP contribution in [0.15, 0.2) is 35.6 Å². The van der Waals surface area contributed by atoms with Crippen LogP contribution in [0.3, 0.4) is 0 Å². The van der Waals surface area contributed by atoms with Crippen molar-refractivity contribution in [1.29, 1.82) is 0 Å². The normalized spacial score (nSPS) is 21.7. The first-order valence-electron chi connectivity index (χ1n) is 9.52. The molecule has 5 heteroatoms. The van der Waals surface area contributed by atoms with Crippen molar-refractivity contribution in [3.8, 4) is 0 Å². The first kappa shape index (κ1) is 17.8. The summed E-state index contributed by atoms with van der Waals surface area (Å²) in [5.74, 6) is 1.03. The molecule has 1 atom stereocenters. The van der Waals surface area contributed by atoms with E-state index in [0.29, 0.717) is 5.41 Å². The Hall–Kier alpha value is -2.04. The smallest absolute Gasteiger partial charge is 0.193 e. The van der Waals surface area contributed by atoms with Crippen LogP contribution in [0, 0.1) is 5.41 Å². The number of aliphatic imine (C=N–C) groups is 1. The summed E-state index contributed by atoms with van der Waals surface area (Å²) in [7, 11) is 1.89. The Morgan fingerprint density at radius 2 is 2.28 bits per heavy atom. The molecule has 0 aromatic carbocycles. The van der Waals surface area contributed by atoms with Crippen LogP contribution in [0.2, 0.25) is 0 Å². The molecule has 2 aromatic heterocycles. The van der Waals surface area contributed by atoms with Gasteiger partial charge in [-0.3, -0.25) is 4.99 Å². The highest BCUT2D eigenvalue weighted by Crippen LogP contribution is 2.33. The summed E-state index contributed by atoms with van der Waals surface area (Å²) in [4.78, 5) is 11.6. The van der Waals surface area contributed by atoms with Gasteiger partial charge < -0.3 is 14.6 Å². The van der Waals surface area contributed by atoms with E-state index in [2.05, 4.69) is 44.6 Å². The minimum absolute atomic E-state index is 0.423. The fourth-order valence-corrected chi connectivity index (χ4v) is 4.05. The minimum atomic E-state index is 0.423. The molecule has 0 radical (unpaired) electrons. The molecule has 0 spiro atoms. The zero-order valence-corrected chi connectivity index (χ0v) is 15.8. The summed E-state index contributed by atoms with van der Waals surface area (Å²) in [5.41, 5.74) is 2.54. The lowest BCUT2D eigenvalue weighted by atomic mass is 9.78. The molecule has 0 aliphatic carbocycles. The molecule has 0 saturated carbocycles. The Bertz CT molecular complexity index is 683. The summed E-state index contributed by atoms with van der Waals surface area (Å²) >= 11 is 0. The van der Waals surface area contributed by atoms with E-state index in [1.165, 1.54) is 25.7 Å². The lowest BCUT2D eigenvalue weighted by Crippen LogP contribution is -2.50. The van der Waals surface area contributed by atoms with Crippen LogP contribution < -0.4 is 5.32 Å². The van der Waals surface area contributed by atoms with Crippen molar-refractivity contribution in [2.45, 2.75) is 46.0 Å². The van der Waals surface area contributed by atoms with Crippen molar-refractivity contribution in [2.75, 3.05) is 26.7 Å². The number of aromatic nitrogens is 2. The number of nitrogens with one attached hydrogen (secondary N) is 1. The van der Waals surface area contributed by atoms with E-state index in [9.17, 15) is 0 Å². The Morgan fingerprint density at radius 1 is 1.40 bits per heavy atom. The number of guanidine groups is 1. The van der Waals surface area contributed by atoms with E-state index >= 15 is 0 Å². The Morgan fingerprint density at radius 3 is 3.04 bits per heavy atom. The summed E-state index contributed by atoms with van der Waals surface area (Å²) in [6, 6.07) is 6.09. The molecule has 25 heavy (non-hydrogen) atoms. The van der Waals surface area contributed by atoms with Crippen LogP contribution in [0.1, 0.15) is 45.2 Å². The number of imidazole rings is 1. The molecule has 1 fully saturated rings. The zero-order chi connectivity index (χ0) is 17.7. The number of fused-ring (bicyclic) bond motifs is 1. The maximum absolute atomic E-state index is 4.66. The molecule has 1 saturated heterocycles. The van der Waals surface area contributed by atoms with E-state index in [0.717, 1.165) is 43.4 Å². The third kappa shape index (κ3) is 4.33. The minimum Gasteiger partial charge on any atom is -0.356 e. The highest BCUT2D eigenvalue weighted by atomic mass is 15.3. The van der Waals surface area contributed by atoms with E-state index < -0.39 is 0 Å². The fourth-order valence-electron chi connectivity index (χ4n) is 4.05. The number of hydrogen-bond donors (Lipinski definition) is 1. The van der Waals surface area contributed by atoms with Crippen molar-refractivity contribution < 1.29 is 0 Å². The fraction of sp³-hybridized carbons (Fsp3) is 0.600. The first-order chi connectivity index (χ1) is 12.1. The Balaban J connectivity index is 1.55. The van der Waals surface area contributed by atoms with Gasteiger partial charge in [-0.2, -0.15) is 0 Å². The van der Waals surface area contributed by atoms with Crippen LogP contribution in [-0.2, 0) is 6.42 Å². The number of rotatable bonds is 5. The molecular formula is C20H31N5. The number of piperidine rings is 1. The highest BCUT2D eigenvalue weighted by molar-refractivity contribution is 5.80. The second-order valence-electron chi connectivity index (χ2n) is 7.51. The van der Waals surface area contributed by atoms with Gasteiger partial charge in [-0.15, -0.1) is 0 Å². The molecule has 5 nitrogen and oxygen atoms in total. The average Bonchev–Trinajstić information content (AvgIpc) is 3.01. The quantitative estimate of drug-likeness (QED) is 0.670. The molecule has 1 aliphatic heterocycles. The molecule has 2 aromatic rings. The topological polar surface area (TPSA) is 44.9 Å². The second kappa shape index (κ2) is 7.89. The third-order valence-corrected chi connectivity index (χ3v) is 5.22. The van der Waals surface area contributed by atoms with Gasteiger partial charge in [-0.05, 0) is 36.8 Å². The van der Waals surface area contributed by atoms with Crippen LogP contribution >= 0.6 is 0 Å². The van der Waals surface area contributed by atoms with Crippen molar-refractivity contribution >= 4 is 11.6 Å². The van der Waals surface area contributed by atoms with E-state index in [1.54, 1.807) is 0 Å². The Kier molecular flexibility index (Phi) is 5.61. The van der Waals surface area contributed by atoms with E-state index in [-0.39, 0.29) is 0 Å². The number of pyridine rings is 1. The molecular weight excluding hydrogens is 310 g/mol. The Labute approximate surface area is 151 Å². The predicted octanol–water partition coefficient (Wildman–Crippen LogP) is 3.35. The summed E-state index contributed by atoms with van der Waals surface area (Å²) in [6.45, 7) is 7.78. The van der Waals surface area contributed by atoms with Crippen molar-refractivity contribution in [3.63, 3.8) is 0 Å². The van der Waals surface area contributed by atoms with Gasteiger partial charge in [0.2, 0.25) is 0 Å². The molecule has 3 rings (SSSR count). The van der Waals surface area contributed by atoms with Gasteiger partial charge in [0.25, 0.3) is 0 Å². The molecule has 1 unspecified atom stereocenters. The van der Waals surface area contributed by atoms with Crippen LogP contribution in [0.25, 0.3) is 5.65 Å².